The topological polar surface area (TPSA) is 52.8 Å². The van der Waals surface area contributed by atoms with Gasteiger partial charge in [-0.3, -0.25) is 9.69 Å². The zero-order valence-corrected chi connectivity index (χ0v) is 10.9. The zero-order chi connectivity index (χ0) is 12.4. The first kappa shape index (κ1) is 12.8. The fraction of sp³-hybridized carbons (Fsp3) is 0.917. The van der Waals surface area contributed by atoms with E-state index in [0.717, 1.165) is 45.6 Å². The van der Waals surface area contributed by atoms with Crippen molar-refractivity contribution in [3.05, 3.63) is 0 Å². The number of likely N-dealkylation sites (N-methyl/N-ethyl adjacent to an activating group) is 2. The van der Waals surface area contributed by atoms with Crippen LogP contribution < -0.4 is 5.73 Å². The number of hydrogen-bond acceptors (Lipinski definition) is 4. The van der Waals surface area contributed by atoms with Crippen molar-refractivity contribution in [3.8, 4) is 0 Å². The van der Waals surface area contributed by atoms with Crippen molar-refractivity contribution in [3.63, 3.8) is 0 Å². The Kier molecular flexibility index (Phi) is 4.01. The number of piperazine rings is 1. The molecule has 0 aromatic heterocycles. The van der Waals surface area contributed by atoms with Gasteiger partial charge in [0.05, 0.1) is 6.04 Å². The second kappa shape index (κ2) is 5.33. The summed E-state index contributed by atoms with van der Waals surface area (Å²) in [5.74, 6) is 0.137. The summed E-state index contributed by atoms with van der Waals surface area (Å²) in [6, 6.07) is 0.179. The minimum Gasteiger partial charge on any atom is -0.340 e. The molecule has 2 unspecified atom stereocenters. The van der Waals surface area contributed by atoms with Gasteiger partial charge in [0, 0.05) is 38.8 Å². The van der Waals surface area contributed by atoms with E-state index in [4.69, 9.17) is 5.73 Å². The molecule has 17 heavy (non-hydrogen) atoms. The first-order valence-electron chi connectivity index (χ1n) is 6.51. The van der Waals surface area contributed by atoms with Crippen LogP contribution in [0.25, 0.3) is 0 Å². The maximum absolute atomic E-state index is 12.0. The molecular weight excluding hydrogens is 216 g/mol. The van der Waals surface area contributed by atoms with Crippen LogP contribution in [0.2, 0.25) is 0 Å². The second-order valence-corrected chi connectivity index (χ2v) is 5.43. The van der Waals surface area contributed by atoms with Crippen LogP contribution in [-0.4, -0.2) is 79.5 Å². The van der Waals surface area contributed by atoms with Crippen molar-refractivity contribution in [2.24, 2.45) is 5.73 Å². The first-order valence-corrected chi connectivity index (χ1v) is 6.51. The number of amides is 1. The average molecular weight is 240 g/mol. The summed E-state index contributed by atoms with van der Waals surface area (Å²) in [5.41, 5.74) is 5.82. The Balaban J connectivity index is 1.92. The third-order valence-electron chi connectivity index (χ3n) is 3.98. The smallest absolute Gasteiger partial charge is 0.239 e. The van der Waals surface area contributed by atoms with E-state index in [2.05, 4.69) is 23.9 Å². The Bertz CT molecular complexity index is 284. The van der Waals surface area contributed by atoms with Gasteiger partial charge in [0.15, 0.2) is 0 Å². The third-order valence-corrected chi connectivity index (χ3v) is 3.98. The van der Waals surface area contributed by atoms with Crippen molar-refractivity contribution < 1.29 is 4.79 Å². The lowest BCUT2D eigenvalue weighted by Gasteiger charge is -2.41. The Morgan fingerprint density at radius 3 is 2.82 bits per heavy atom. The molecule has 5 nitrogen and oxygen atoms in total. The number of nitrogens with zero attached hydrogens (tertiary/aromatic N) is 3. The molecule has 5 heteroatoms. The van der Waals surface area contributed by atoms with E-state index in [1.165, 1.54) is 0 Å². The first-order chi connectivity index (χ1) is 8.08. The molecule has 0 spiro atoms. The van der Waals surface area contributed by atoms with Crippen LogP contribution in [0.1, 0.15) is 12.8 Å². The zero-order valence-electron chi connectivity index (χ0n) is 10.9. The molecule has 2 fully saturated rings. The molecule has 2 aliphatic heterocycles. The van der Waals surface area contributed by atoms with E-state index in [9.17, 15) is 4.79 Å². The average Bonchev–Trinajstić information content (AvgIpc) is 2.30. The predicted molar refractivity (Wildman–Crippen MR) is 67.7 cm³/mol. The Morgan fingerprint density at radius 1 is 1.29 bits per heavy atom. The number of carbonyl (C=O) groups excluding carboxylic acids is 1. The van der Waals surface area contributed by atoms with Crippen LogP contribution in [0.4, 0.5) is 0 Å². The molecule has 2 rings (SSSR count). The van der Waals surface area contributed by atoms with E-state index in [-0.39, 0.29) is 11.9 Å². The highest BCUT2D eigenvalue weighted by Crippen LogP contribution is 2.14. The fourth-order valence-corrected chi connectivity index (χ4v) is 2.70. The van der Waals surface area contributed by atoms with Gasteiger partial charge in [0.1, 0.15) is 0 Å². The molecule has 0 aliphatic carbocycles. The maximum Gasteiger partial charge on any atom is 0.239 e. The van der Waals surface area contributed by atoms with Crippen LogP contribution >= 0.6 is 0 Å². The van der Waals surface area contributed by atoms with Crippen LogP contribution in [0.3, 0.4) is 0 Å². The van der Waals surface area contributed by atoms with E-state index >= 15 is 0 Å². The van der Waals surface area contributed by atoms with Crippen LogP contribution in [0.5, 0.6) is 0 Å². The molecule has 0 saturated carbocycles. The summed E-state index contributed by atoms with van der Waals surface area (Å²) in [6.07, 6.45) is 1.88. The molecule has 0 radical (unpaired) electrons. The number of piperidine rings is 1. The fourth-order valence-electron chi connectivity index (χ4n) is 2.70. The van der Waals surface area contributed by atoms with Crippen LogP contribution in [-0.2, 0) is 4.79 Å². The van der Waals surface area contributed by atoms with Crippen molar-refractivity contribution >= 4 is 5.91 Å². The quantitative estimate of drug-likeness (QED) is 0.685. The highest BCUT2D eigenvalue weighted by molar-refractivity contribution is 5.82. The van der Waals surface area contributed by atoms with Crippen molar-refractivity contribution in [1.29, 1.82) is 0 Å². The summed E-state index contributed by atoms with van der Waals surface area (Å²) < 4.78 is 0. The normalized spacial score (nSPS) is 33.1. The molecule has 2 saturated heterocycles. The molecule has 2 atom stereocenters. The Hall–Kier alpha value is -0.650. The number of nitrogens with two attached hydrogens (primary N) is 1. The third kappa shape index (κ3) is 2.97. The molecule has 0 bridgehead atoms. The lowest BCUT2D eigenvalue weighted by Crippen LogP contribution is -2.58. The summed E-state index contributed by atoms with van der Waals surface area (Å²) >= 11 is 0. The standard InChI is InChI=1S/C12H24N4O/c1-14-6-7-15(2)10(8-14)9-16-5-3-4-11(13)12(16)17/h10-11H,3-9,13H2,1-2H3. The van der Waals surface area contributed by atoms with Crippen molar-refractivity contribution in [1.82, 2.24) is 14.7 Å². The summed E-state index contributed by atoms with van der Waals surface area (Å²) in [7, 11) is 4.29. The Labute approximate surface area is 104 Å². The van der Waals surface area contributed by atoms with Crippen molar-refractivity contribution in [2.45, 2.75) is 24.9 Å². The van der Waals surface area contributed by atoms with E-state index in [0.29, 0.717) is 6.04 Å². The minimum absolute atomic E-state index is 0.137. The van der Waals surface area contributed by atoms with Gasteiger partial charge in [-0.25, -0.2) is 0 Å². The monoisotopic (exact) mass is 240 g/mol. The SMILES string of the molecule is CN1CCN(C)C(CN2CCCC(N)C2=O)C1. The molecule has 2 aliphatic rings. The molecule has 2 N–H and O–H groups in total. The summed E-state index contributed by atoms with van der Waals surface area (Å²) in [5, 5.41) is 0. The van der Waals surface area contributed by atoms with Crippen LogP contribution in [0.15, 0.2) is 0 Å². The molecular formula is C12H24N4O. The lowest BCUT2D eigenvalue weighted by molar-refractivity contribution is -0.136. The van der Waals surface area contributed by atoms with Gasteiger partial charge in [0.25, 0.3) is 0 Å². The minimum atomic E-state index is -0.268. The van der Waals surface area contributed by atoms with Gasteiger partial charge < -0.3 is 15.5 Å². The molecule has 0 aromatic rings. The summed E-state index contributed by atoms with van der Waals surface area (Å²) in [4.78, 5) is 18.6. The molecule has 1 amide bonds. The highest BCUT2D eigenvalue weighted by atomic mass is 16.2. The van der Waals surface area contributed by atoms with Gasteiger partial charge in [-0.15, -0.1) is 0 Å². The van der Waals surface area contributed by atoms with E-state index in [1.807, 2.05) is 4.90 Å². The van der Waals surface area contributed by atoms with E-state index in [1.54, 1.807) is 0 Å². The lowest BCUT2D eigenvalue weighted by atomic mass is 10.0. The number of carbonyl (C=O) groups is 1. The molecule has 2 heterocycles. The maximum atomic E-state index is 12.0. The van der Waals surface area contributed by atoms with Gasteiger partial charge >= 0.3 is 0 Å². The number of likely N-dealkylation sites (tertiary alicyclic amines) is 1. The van der Waals surface area contributed by atoms with Crippen molar-refractivity contribution in [2.75, 3.05) is 46.8 Å². The summed E-state index contributed by atoms with van der Waals surface area (Å²) in [6.45, 7) is 4.93. The largest absolute Gasteiger partial charge is 0.340 e. The van der Waals surface area contributed by atoms with Gasteiger partial charge in [-0.05, 0) is 26.9 Å². The van der Waals surface area contributed by atoms with Gasteiger partial charge in [-0.2, -0.15) is 0 Å². The van der Waals surface area contributed by atoms with Gasteiger partial charge in [-0.1, -0.05) is 0 Å². The molecule has 98 valence electrons. The second-order valence-electron chi connectivity index (χ2n) is 5.43. The van der Waals surface area contributed by atoms with Crippen LogP contribution in [0, 0.1) is 0 Å². The molecule has 0 aromatic carbocycles. The predicted octanol–water partition coefficient (Wildman–Crippen LogP) is -0.818. The van der Waals surface area contributed by atoms with Gasteiger partial charge in [0.2, 0.25) is 5.91 Å². The Morgan fingerprint density at radius 2 is 2.06 bits per heavy atom. The van der Waals surface area contributed by atoms with E-state index < -0.39 is 0 Å². The number of hydrogen-bond donors (Lipinski definition) is 1. The number of rotatable bonds is 2. The highest BCUT2D eigenvalue weighted by Gasteiger charge is 2.30.